The summed E-state index contributed by atoms with van der Waals surface area (Å²) < 4.78 is 1.72. The van der Waals surface area contributed by atoms with Crippen molar-refractivity contribution in [3.63, 3.8) is 0 Å². The highest BCUT2D eigenvalue weighted by Gasteiger charge is 2.35. The Morgan fingerprint density at radius 3 is 2.64 bits per heavy atom. The summed E-state index contributed by atoms with van der Waals surface area (Å²) in [6.07, 6.45) is 3.06. The lowest BCUT2D eigenvalue weighted by molar-refractivity contribution is -0.136. The first-order valence-corrected chi connectivity index (χ1v) is 8.51. The van der Waals surface area contributed by atoms with Crippen molar-refractivity contribution < 1.29 is 9.59 Å². The fraction of sp³-hybridized carbons (Fsp3) is 0.421. The first-order valence-electron chi connectivity index (χ1n) is 8.51. The van der Waals surface area contributed by atoms with Gasteiger partial charge in [-0.2, -0.15) is 5.10 Å². The van der Waals surface area contributed by atoms with Crippen LogP contribution in [-0.4, -0.2) is 52.0 Å². The predicted octanol–water partition coefficient (Wildman–Crippen LogP) is 1.57. The molecule has 1 aliphatic heterocycles. The highest BCUT2D eigenvalue weighted by molar-refractivity contribution is 5.85. The van der Waals surface area contributed by atoms with Crippen LogP contribution in [0.1, 0.15) is 29.2 Å². The highest BCUT2D eigenvalue weighted by Crippen LogP contribution is 2.28. The van der Waals surface area contributed by atoms with Gasteiger partial charge in [-0.1, -0.05) is 30.3 Å². The molecule has 6 nitrogen and oxygen atoms in total. The number of aromatic nitrogens is 2. The molecule has 1 atom stereocenters. The summed E-state index contributed by atoms with van der Waals surface area (Å²) >= 11 is 0. The molecule has 2 amide bonds. The van der Waals surface area contributed by atoms with E-state index in [1.165, 1.54) is 0 Å². The first kappa shape index (κ1) is 17.2. The van der Waals surface area contributed by atoms with Gasteiger partial charge in [-0.25, -0.2) is 0 Å². The summed E-state index contributed by atoms with van der Waals surface area (Å²) in [4.78, 5) is 28.6. The number of aryl methyl sites for hydroxylation is 2. The molecule has 1 aliphatic rings. The van der Waals surface area contributed by atoms with Crippen molar-refractivity contribution in [3.8, 4) is 0 Å². The molecule has 2 aromatic rings. The lowest BCUT2D eigenvalue weighted by Crippen LogP contribution is -2.43. The maximum absolute atomic E-state index is 12.7. The number of fused-ring (bicyclic) bond motifs is 1. The van der Waals surface area contributed by atoms with Crippen LogP contribution in [0.5, 0.6) is 0 Å². The van der Waals surface area contributed by atoms with Gasteiger partial charge in [0.25, 0.3) is 0 Å². The minimum Gasteiger partial charge on any atom is -0.348 e. The third-order valence-corrected chi connectivity index (χ3v) is 4.59. The molecular formula is C19H24N4O2. The lowest BCUT2D eigenvalue weighted by atomic mass is 9.94. The zero-order valence-corrected chi connectivity index (χ0v) is 15.0. The van der Waals surface area contributed by atoms with E-state index >= 15 is 0 Å². The molecule has 2 heterocycles. The van der Waals surface area contributed by atoms with E-state index in [2.05, 4.69) is 5.10 Å². The molecule has 0 bridgehead atoms. The minimum absolute atomic E-state index is 0.0134. The van der Waals surface area contributed by atoms with Crippen LogP contribution >= 0.6 is 0 Å². The fourth-order valence-corrected chi connectivity index (χ4v) is 3.30. The maximum Gasteiger partial charge on any atom is 0.233 e. The summed E-state index contributed by atoms with van der Waals surface area (Å²) in [6.45, 7) is 0.919. The maximum atomic E-state index is 12.7. The summed E-state index contributed by atoms with van der Waals surface area (Å²) in [5.74, 6) is -0.323. The molecule has 3 rings (SSSR count). The second-order valence-corrected chi connectivity index (χ2v) is 6.76. The van der Waals surface area contributed by atoms with E-state index in [-0.39, 0.29) is 17.7 Å². The van der Waals surface area contributed by atoms with E-state index in [9.17, 15) is 9.59 Å². The average molecular weight is 340 g/mol. The largest absolute Gasteiger partial charge is 0.348 e. The Labute approximate surface area is 148 Å². The third-order valence-electron chi connectivity index (χ3n) is 4.59. The normalized spacial score (nSPS) is 16.4. The van der Waals surface area contributed by atoms with Crippen LogP contribution < -0.4 is 0 Å². The van der Waals surface area contributed by atoms with Gasteiger partial charge in [-0.05, 0) is 12.0 Å². The van der Waals surface area contributed by atoms with Crippen molar-refractivity contribution in [2.75, 3.05) is 20.6 Å². The average Bonchev–Trinajstić information content (AvgIpc) is 2.99. The van der Waals surface area contributed by atoms with E-state index in [1.807, 2.05) is 43.6 Å². The van der Waals surface area contributed by atoms with Crippen molar-refractivity contribution in [2.24, 2.45) is 7.05 Å². The Balaban J connectivity index is 1.74. The van der Waals surface area contributed by atoms with E-state index in [1.54, 1.807) is 28.6 Å². The molecule has 6 heteroatoms. The monoisotopic (exact) mass is 340 g/mol. The van der Waals surface area contributed by atoms with Gasteiger partial charge in [0.1, 0.15) is 5.92 Å². The Morgan fingerprint density at radius 1 is 1.24 bits per heavy atom. The number of amides is 2. The molecule has 25 heavy (non-hydrogen) atoms. The van der Waals surface area contributed by atoms with Crippen molar-refractivity contribution in [1.29, 1.82) is 0 Å². The van der Waals surface area contributed by atoms with Gasteiger partial charge in [0, 0.05) is 52.4 Å². The van der Waals surface area contributed by atoms with Crippen LogP contribution in [0.25, 0.3) is 0 Å². The number of nitrogens with zero attached hydrogens (tertiary/aromatic N) is 4. The van der Waals surface area contributed by atoms with Crippen LogP contribution in [-0.2, 0) is 29.6 Å². The smallest absolute Gasteiger partial charge is 0.233 e. The number of likely N-dealkylation sites (N-methyl/N-ethyl adjacent to an activating group) is 1. The molecular weight excluding hydrogens is 316 g/mol. The summed E-state index contributed by atoms with van der Waals surface area (Å²) in [5.41, 5.74) is 2.91. The van der Waals surface area contributed by atoms with Gasteiger partial charge in [-0.15, -0.1) is 0 Å². The summed E-state index contributed by atoms with van der Waals surface area (Å²) in [7, 11) is 5.32. The Morgan fingerprint density at radius 2 is 1.96 bits per heavy atom. The Kier molecular flexibility index (Phi) is 4.88. The molecule has 1 aromatic heterocycles. The van der Waals surface area contributed by atoms with Crippen molar-refractivity contribution in [2.45, 2.75) is 25.3 Å². The molecule has 1 aromatic carbocycles. The SMILES string of the molecule is CN(C)C(=O)C1CN(C(=O)CCc2ccccc2)Cc2cn(C)nc21. The molecule has 132 valence electrons. The zero-order valence-electron chi connectivity index (χ0n) is 15.0. The van der Waals surface area contributed by atoms with Gasteiger partial charge in [0.05, 0.1) is 5.69 Å². The number of carbonyl (C=O) groups excluding carboxylic acids is 2. The van der Waals surface area contributed by atoms with Crippen molar-refractivity contribution in [1.82, 2.24) is 19.6 Å². The molecule has 0 spiro atoms. The standard InChI is InChI=1S/C19H24N4O2/c1-21(2)19(25)16-13-23(12-15-11-22(3)20-18(15)16)17(24)10-9-14-7-5-4-6-8-14/h4-8,11,16H,9-10,12-13H2,1-3H3. The van der Waals surface area contributed by atoms with Gasteiger partial charge >= 0.3 is 0 Å². The second-order valence-electron chi connectivity index (χ2n) is 6.76. The van der Waals surface area contributed by atoms with E-state index in [0.717, 1.165) is 16.8 Å². The van der Waals surface area contributed by atoms with Crippen molar-refractivity contribution in [3.05, 3.63) is 53.3 Å². The van der Waals surface area contributed by atoms with Crippen LogP contribution in [0.15, 0.2) is 36.5 Å². The zero-order chi connectivity index (χ0) is 18.0. The molecule has 0 fully saturated rings. The molecule has 0 N–H and O–H groups in total. The third kappa shape index (κ3) is 3.73. The topological polar surface area (TPSA) is 58.4 Å². The number of benzene rings is 1. The quantitative estimate of drug-likeness (QED) is 0.849. The predicted molar refractivity (Wildman–Crippen MR) is 94.8 cm³/mol. The fourth-order valence-electron chi connectivity index (χ4n) is 3.30. The van der Waals surface area contributed by atoms with Crippen molar-refractivity contribution >= 4 is 11.8 Å². The Bertz CT molecular complexity index is 767. The lowest BCUT2D eigenvalue weighted by Gasteiger charge is -2.32. The molecule has 1 unspecified atom stereocenters. The van der Waals surface area contributed by atoms with Gasteiger partial charge in [-0.3, -0.25) is 14.3 Å². The molecule has 0 saturated heterocycles. The van der Waals surface area contributed by atoms with E-state index < -0.39 is 0 Å². The first-order chi connectivity index (χ1) is 12.0. The molecule has 0 radical (unpaired) electrons. The van der Waals surface area contributed by atoms with Gasteiger partial charge in [0.2, 0.25) is 11.8 Å². The van der Waals surface area contributed by atoms with Gasteiger partial charge < -0.3 is 9.80 Å². The highest BCUT2D eigenvalue weighted by atomic mass is 16.2. The van der Waals surface area contributed by atoms with Gasteiger partial charge in [0.15, 0.2) is 0 Å². The number of rotatable bonds is 4. The molecule has 0 aliphatic carbocycles. The van der Waals surface area contributed by atoms with E-state index in [4.69, 9.17) is 0 Å². The van der Waals surface area contributed by atoms with Crippen LogP contribution in [0.4, 0.5) is 0 Å². The molecule has 0 saturated carbocycles. The summed E-state index contributed by atoms with van der Waals surface area (Å²) in [6, 6.07) is 9.99. The van der Waals surface area contributed by atoms with E-state index in [0.29, 0.717) is 25.9 Å². The summed E-state index contributed by atoms with van der Waals surface area (Å²) in [5, 5.41) is 4.45. The number of hydrogen-bond acceptors (Lipinski definition) is 3. The Hall–Kier alpha value is -2.63. The number of carbonyl (C=O) groups is 2. The van der Waals surface area contributed by atoms with Crippen LogP contribution in [0, 0.1) is 0 Å². The minimum atomic E-state index is -0.388. The number of hydrogen-bond donors (Lipinski definition) is 0. The van der Waals surface area contributed by atoms with Crippen LogP contribution in [0.2, 0.25) is 0 Å². The van der Waals surface area contributed by atoms with Crippen LogP contribution in [0.3, 0.4) is 0 Å². The second kappa shape index (κ2) is 7.09.